The molecule has 0 aliphatic rings. The molecule has 0 saturated carbocycles. The number of rotatable bonds is 1. The fourth-order valence-corrected chi connectivity index (χ4v) is 1.06. The van der Waals surface area contributed by atoms with Crippen molar-refractivity contribution >= 4 is 11.6 Å². The molecule has 0 amide bonds. The van der Waals surface area contributed by atoms with Crippen LogP contribution in [0.2, 0.25) is 5.02 Å². The lowest BCUT2D eigenvalue weighted by Gasteiger charge is -2.20. The van der Waals surface area contributed by atoms with Crippen molar-refractivity contribution in [2.24, 2.45) is 0 Å². The third-order valence-corrected chi connectivity index (χ3v) is 1.86. The van der Waals surface area contributed by atoms with Crippen LogP contribution in [0.5, 0.6) is 0 Å². The third-order valence-electron chi connectivity index (χ3n) is 1.62. The minimum Gasteiger partial charge on any atom is -0.206 e. The van der Waals surface area contributed by atoms with Crippen LogP contribution in [0.15, 0.2) is 18.2 Å². The van der Waals surface area contributed by atoms with Gasteiger partial charge in [-0.1, -0.05) is 11.6 Å². The molecule has 0 atom stereocenters. The first-order valence-corrected chi connectivity index (χ1v) is 3.94. The normalized spacial score (nSPS) is 13.0. The predicted octanol–water partition coefficient (Wildman–Crippen LogP) is 4.13. The van der Waals surface area contributed by atoms with Gasteiger partial charge in [-0.3, -0.25) is 0 Å². The van der Waals surface area contributed by atoms with Gasteiger partial charge in [-0.15, -0.1) is 0 Å². The molecular weight excluding hydrogens is 246 g/mol. The van der Waals surface area contributed by atoms with Crippen molar-refractivity contribution in [2.75, 3.05) is 0 Å². The van der Waals surface area contributed by atoms with Crippen molar-refractivity contribution in [3.63, 3.8) is 0 Å². The molecule has 0 saturated heterocycles. The van der Waals surface area contributed by atoms with E-state index >= 15 is 0 Å². The van der Waals surface area contributed by atoms with Gasteiger partial charge in [0.05, 0.1) is 5.56 Å². The lowest BCUT2D eigenvalue weighted by atomic mass is 10.1. The summed E-state index contributed by atoms with van der Waals surface area (Å²) in [5.74, 6) is -6.90. The highest BCUT2D eigenvalue weighted by molar-refractivity contribution is 6.30. The van der Waals surface area contributed by atoms with Crippen LogP contribution >= 0.6 is 11.6 Å². The molecule has 0 spiro atoms. The molecule has 0 aromatic heterocycles. The molecule has 0 aliphatic carbocycles. The highest BCUT2D eigenvalue weighted by atomic mass is 35.5. The summed E-state index contributed by atoms with van der Waals surface area (Å²) in [6, 6.07) is 1.59. The minimum atomic E-state index is -5.85. The van der Waals surface area contributed by atoms with E-state index in [0.29, 0.717) is 6.07 Å². The second kappa shape index (κ2) is 3.59. The molecule has 84 valence electrons. The van der Waals surface area contributed by atoms with Crippen molar-refractivity contribution in [1.82, 2.24) is 0 Å². The molecule has 0 N–H and O–H groups in total. The summed E-state index contributed by atoms with van der Waals surface area (Å²) in [6.07, 6.45) is -5.85. The second-order valence-electron chi connectivity index (χ2n) is 2.70. The van der Waals surface area contributed by atoms with Crippen LogP contribution in [0, 0.1) is 5.82 Å². The first-order valence-electron chi connectivity index (χ1n) is 3.56. The van der Waals surface area contributed by atoms with Crippen molar-refractivity contribution in [1.29, 1.82) is 0 Å². The molecule has 0 fully saturated rings. The summed E-state index contributed by atoms with van der Waals surface area (Å²) in [4.78, 5) is 0. The largest absolute Gasteiger partial charge is 0.458 e. The van der Waals surface area contributed by atoms with E-state index in [1.807, 2.05) is 0 Å². The van der Waals surface area contributed by atoms with Crippen LogP contribution in [-0.4, -0.2) is 6.18 Å². The average molecular weight is 249 g/mol. The number of benzene rings is 1. The van der Waals surface area contributed by atoms with Crippen molar-refractivity contribution in [3.8, 4) is 0 Å². The molecule has 1 aromatic rings. The van der Waals surface area contributed by atoms with E-state index in [1.54, 1.807) is 0 Å². The number of hydrogen-bond donors (Lipinski definition) is 0. The standard InChI is InChI=1S/C8H3ClF6/c9-4-1-2-6(10)5(3-4)7(11,12)8(13,14)15/h1-3H. The Labute approximate surface area is 85.5 Å². The van der Waals surface area contributed by atoms with Crippen LogP contribution in [0.1, 0.15) is 5.56 Å². The molecule has 1 rings (SSSR count). The lowest BCUT2D eigenvalue weighted by Crippen LogP contribution is -2.34. The SMILES string of the molecule is Fc1ccc(Cl)cc1C(F)(F)C(F)(F)F. The molecule has 0 nitrogen and oxygen atoms in total. The Morgan fingerprint density at radius 1 is 1.00 bits per heavy atom. The van der Waals surface area contributed by atoms with Crippen LogP contribution in [0.3, 0.4) is 0 Å². The summed E-state index contributed by atoms with van der Waals surface area (Å²) in [7, 11) is 0. The Hall–Kier alpha value is -0.910. The van der Waals surface area contributed by atoms with Gasteiger partial charge in [0.15, 0.2) is 0 Å². The van der Waals surface area contributed by atoms with Gasteiger partial charge in [-0.2, -0.15) is 22.0 Å². The molecule has 0 bridgehead atoms. The zero-order chi connectivity index (χ0) is 11.9. The maximum absolute atomic E-state index is 12.8. The van der Waals surface area contributed by atoms with Gasteiger partial charge < -0.3 is 0 Å². The van der Waals surface area contributed by atoms with Crippen LogP contribution in [0.25, 0.3) is 0 Å². The molecule has 0 radical (unpaired) electrons. The summed E-state index contributed by atoms with van der Waals surface area (Å²) in [5.41, 5.74) is -1.78. The van der Waals surface area contributed by atoms with Crippen molar-refractivity contribution in [2.45, 2.75) is 12.1 Å². The maximum atomic E-state index is 12.8. The Morgan fingerprint density at radius 3 is 2.00 bits per heavy atom. The van der Waals surface area contributed by atoms with E-state index in [0.717, 1.165) is 6.07 Å². The van der Waals surface area contributed by atoms with Crippen molar-refractivity contribution < 1.29 is 26.3 Å². The Morgan fingerprint density at radius 2 is 1.53 bits per heavy atom. The summed E-state index contributed by atoms with van der Waals surface area (Å²) in [5, 5.41) is -0.393. The number of halogens is 7. The fourth-order valence-electron chi connectivity index (χ4n) is 0.891. The zero-order valence-electron chi connectivity index (χ0n) is 6.88. The quantitative estimate of drug-likeness (QED) is 0.656. The van der Waals surface area contributed by atoms with Gasteiger partial charge in [0, 0.05) is 5.02 Å². The summed E-state index contributed by atoms with van der Waals surface area (Å²) >= 11 is 5.21. The molecule has 15 heavy (non-hydrogen) atoms. The third kappa shape index (κ3) is 2.19. The summed E-state index contributed by atoms with van der Waals surface area (Å²) < 4.78 is 73.7. The van der Waals surface area contributed by atoms with Gasteiger partial charge in [-0.05, 0) is 18.2 Å². The molecule has 7 heteroatoms. The van der Waals surface area contributed by atoms with E-state index in [2.05, 4.69) is 0 Å². The van der Waals surface area contributed by atoms with E-state index in [1.165, 1.54) is 0 Å². The second-order valence-corrected chi connectivity index (χ2v) is 3.13. The van der Waals surface area contributed by atoms with Crippen molar-refractivity contribution in [3.05, 3.63) is 34.6 Å². The van der Waals surface area contributed by atoms with Crippen LogP contribution in [-0.2, 0) is 5.92 Å². The highest BCUT2D eigenvalue weighted by Gasteiger charge is 2.59. The zero-order valence-corrected chi connectivity index (χ0v) is 7.63. The monoisotopic (exact) mass is 248 g/mol. The van der Waals surface area contributed by atoms with E-state index in [4.69, 9.17) is 11.6 Å². The molecule has 0 heterocycles. The van der Waals surface area contributed by atoms with Crippen LogP contribution in [0.4, 0.5) is 26.3 Å². The maximum Gasteiger partial charge on any atom is 0.458 e. The highest BCUT2D eigenvalue weighted by Crippen LogP contribution is 2.45. The van der Waals surface area contributed by atoms with Gasteiger partial charge in [-0.25, -0.2) is 4.39 Å². The molecule has 0 unspecified atom stereocenters. The lowest BCUT2D eigenvalue weighted by molar-refractivity contribution is -0.290. The molecular formula is C8H3ClF6. The van der Waals surface area contributed by atoms with E-state index in [-0.39, 0.29) is 6.07 Å². The Balaban J connectivity index is 3.32. The Kier molecular flexibility index (Phi) is 2.91. The fraction of sp³-hybridized carbons (Fsp3) is 0.250. The average Bonchev–Trinajstić information content (AvgIpc) is 2.07. The van der Waals surface area contributed by atoms with Gasteiger partial charge in [0.25, 0.3) is 0 Å². The topological polar surface area (TPSA) is 0 Å². The first-order chi connectivity index (χ1) is 6.66. The van der Waals surface area contributed by atoms with Crippen LogP contribution < -0.4 is 0 Å². The van der Waals surface area contributed by atoms with E-state index in [9.17, 15) is 26.3 Å². The van der Waals surface area contributed by atoms with Gasteiger partial charge in [0.2, 0.25) is 0 Å². The number of alkyl halides is 5. The smallest absolute Gasteiger partial charge is 0.206 e. The number of hydrogen-bond acceptors (Lipinski definition) is 0. The molecule has 0 aliphatic heterocycles. The summed E-state index contributed by atoms with van der Waals surface area (Å²) in [6.45, 7) is 0. The molecule has 1 aromatic carbocycles. The minimum absolute atomic E-state index is 0.254. The predicted molar refractivity (Wildman–Crippen MR) is 41.4 cm³/mol. The Bertz CT molecular complexity index is 370. The van der Waals surface area contributed by atoms with Gasteiger partial charge in [0.1, 0.15) is 5.82 Å². The van der Waals surface area contributed by atoms with Gasteiger partial charge >= 0.3 is 12.1 Å². The first kappa shape index (κ1) is 12.2. The van der Waals surface area contributed by atoms with E-state index < -0.39 is 28.5 Å².